The molecule has 5 nitrogen and oxygen atoms in total. The topological polar surface area (TPSA) is 58.6 Å². The Morgan fingerprint density at radius 2 is 2.04 bits per heavy atom. The second kappa shape index (κ2) is 8.43. The van der Waals surface area contributed by atoms with Gasteiger partial charge in [-0.05, 0) is 51.3 Å². The van der Waals surface area contributed by atoms with Crippen molar-refractivity contribution in [3.05, 3.63) is 35.6 Å². The van der Waals surface area contributed by atoms with Gasteiger partial charge in [-0.2, -0.15) is 0 Å². The van der Waals surface area contributed by atoms with Gasteiger partial charge in [0.1, 0.15) is 11.4 Å². The quantitative estimate of drug-likeness (QED) is 0.733. The van der Waals surface area contributed by atoms with Gasteiger partial charge in [-0.3, -0.25) is 9.59 Å². The lowest BCUT2D eigenvalue weighted by Gasteiger charge is -2.34. The lowest BCUT2D eigenvalue weighted by atomic mass is 9.97. The summed E-state index contributed by atoms with van der Waals surface area (Å²) >= 11 is 0. The Morgan fingerprint density at radius 1 is 1.36 bits per heavy atom. The van der Waals surface area contributed by atoms with Crippen molar-refractivity contribution in [2.75, 3.05) is 13.2 Å². The van der Waals surface area contributed by atoms with Gasteiger partial charge in [0.25, 0.3) is 0 Å². The Kier molecular flexibility index (Phi) is 6.53. The van der Waals surface area contributed by atoms with Crippen LogP contribution in [-0.2, 0) is 20.9 Å². The molecular weight excluding hydrogens is 323 g/mol. The molecule has 1 N–H and O–H groups in total. The summed E-state index contributed by atoms with van der Waals surface area (Å²) in [6.45, 7) is 7.14. The molecule has 0 spiro atoms. The van der Waals surface area contributed by atoms with Gasteiger partial charge in [0.2, 0.25) is 11.8 Å². The molecule has 1 aliphatic heterocycles. The van der Waals surface area contributed by atoms with E-state index < -0.39 is 5.54 Å². The number of halogens is 1. The lowest BCUT2D eigenvalue weighted by molar-refractivity contribution is -0.141. The Hall–Kier alpha value is -1.95. The minimum atomic E-state index is -0.871. The molecule has 1 heterocycles. The van der Waals surface area contributed by atoms with Crippen LogP contribution in [0.4, 0.5) is 4.39 Å². The summed E-state index contributed by atoms with van der Waals surface area (Å²) in [6.07, 6.45) is 1.74. The monoisotopic (exact) mass is 350 g/mol. The average Bonchev–Trinajstić information content (AvgIpc) is 2.85. The van der Waals surface area contributed by atoms with Crippen LogP contribution < -0.4 is 5.32 Å². The normalized spacial score (nSPS) is 20.4. The molecule has 0 radical (unpaired) electrons. The van der Waals surface area contributed by atoms with Gasteiger partial charge < -0.3 is 15.0 Å². The van der Waals surface area contributed by atoms with E-state index in [0.29, 0.717) is 32.5 Å². The van der Waals surface area contributed by atoms with Gasteiger partial charge in [0.05, 0.1) is 6.10 Å². The smallest absolute Gasteiger partial charge is 0.245 e. The molecular formula is C19H27FN2O3. The maximum absolute atomic E-state index is 13.1. The number of hydrogen-bond donors (Lipinski definition) is 1. The van der Waals surface area contributed by atoms with Crippen LogP contribution in [0.3, 0.4) is 0 Å². The number of carbonyl (C=O) groups excluding carboxylic acids is 2. The third kappa shape index (κ3) is 5.01. The highest BCUT2D eigenvalue weighted by Gasteiger charge is 2.46. The second-order valence-corrected chi connectivity index (χ2v) is 6.91. The molecule has 2 amide bonds. The molecule has 1 atom stereocenters. The first-order valence-electron chi connectivity index (χ1n) is 8.78. The second-order valence-electron chi connectivity index (χ2n) is 6.91. The van der Waals surface area contributed by atoms with E-state index in [1.807, 2.05) is 13.8 Å². The van der Waals surface area contributed by atoms with Crippen molar-refractivity contribution < 1.29 is 18.7 Å². The van der Waals surface area contributed by atoms with Crippen molar-refractivity contribution in [1.29, 1.82) is 0 Å². The number of likely N-dealkylation sites (tertiary alicyclic amines) is 1. The van der Waals surface area contributed by atoms with Gasteiger partial charge in [0.15, 0.2) is 0 Å². The largest absolute Gasteiger partial charge is 0.379 e. The molecule has 0 unspecified atom stereocenters. The van der Waals surface area contributed by atoms with E-state index in [9.17, 15) is 14.0 Å². The van der Waals surface area contributed by atoms with Crippen molar-refractivity contribution in [3.63, 3.8) is 0 Å². The van der Waals surface area contributed by atoms with Gasteiger partial charge in [0, 0.05) is 26.1 Å². The summed E-state index contributed by atoms with van der Waals surface area (Å²) < 4.78 is 18.5. The van der Waals surface area contributed by atoms with Crippen LogP contribution in [0, 0.1) is 5.82 Å². The van der Waals surface area contributed by atoms with E-state index in [0.717, 1.165) is 12.0 Å². The van der Waals surface area contributed by atoms with Crippen LogP contribution >= 0.6 is 0 Å². The number of amides is 2. The van der Waals surface area contributed by atoms with E-state index in [2.05, 4.69) is 5.32 Å². The van der Waals surface area contributed by atoms with Gasteiger partial charge in [-0.25, -0.2) is 4.39 Å². The maximum Gasteiger partial charge on any atom is 0.245 e. The SMILES string of the molecule is CC(C)OCCCNC(=O)[C@@]1(C)CCC(=O)N1Cc1ccc(F)cc1. The van der Waals surface area contributed by atoms with Crippen molar-refractivity contribution in [1.82, 2.24) is 10.2 Å². The van der Waals surface area contributed by atoms with Gasteiger partial charge >= 0.3 is 0 Å². The predicted molar refractivity (Wildman–Crippen MR) is 93.3 cm³/mol. The van der Waals surface area contributed by atoms with Crippen LogP contribution in [0.25, 0.3) is 0 Å². The molecule has 0 saturated carbocycles. The third-order valence-corrected chi connectivity index (χ3v) is 4.52. The molecule has 0 bridgehead atoms. The zero-order valence-electron chi connectivity index (χ0n) is 15.2. The Labute approximate surface area is 148 Å². The van der Waals surface area contributed by atoms with Crippen LogP contribution in [0.2, 0.25) is 0 Å². The molecule has 138 valence electrons. The number of hydrogen-bond acceptors (Lipinski definition) is 3. The maximum atomic E-state index is 13.1. The zero-order chi connectivity index (χ0) is 18.4. The van der Waals surface area contributed by atoms with E-state index >= 15 is 0 Å². The fraction of sp³-hybridized carbons (Fsp3) is 0.579. The number of benzene rings is 1. The molecule has 2 rings (SSSR count). The zero-order valence-corrected chi connectivity index (χ0v) is 15.2. The Balaban J connectivity index is 1.95. The van der Waals surface area contributed by atoms with E-state index in [-0.39, 0.29) is 23.7 Å². The first-order valence-corrected chi connectivity index (χ1v) is 8.78. The van der Waals surface area contributed by atoms with Crippen LogP contribution in [0.5, 0.6) is 0 Å². The fourth-order valence-corrected chi connectivity index (χ4v) is 2.95. The van der Waals surface area contributed by atoms with Gasteiger partial charge in [-0.1, -0.05) is 12.1 Å². The highest BCUT2D eigenvalue weighted by Crippen LogP contribution is 2.32. The Bertz CT molecular complexity index is 603. The fourth-order valence-electron chi connectivity index (χ4n) is 2.95. The highest BCUT2D eigenvalue weighted by molar-refractivity contribution is 5.94. The van der Waals surface area contributed by atoms with E-state index in [1.165, 1.54) is 12.1 Å². The molecule has 1 fully saturated rings. The summed E-state index contributed by atoms with van der Waals surface area (Å²) in [6, 6.07) is 6.01. The Morgan fingerprint density at radius 3 is 2.68 bits per heavy atom. The highest BCUT2D eigenvalue weighted by atomic mass is 19.1. The molecule has 0 aliphatic carbocycles. The third-order valence-electron chi connectivity index (χ3n) is 4.52. The average molecular weight is 350 g/mol. The summed E-state index contributed by atoms with van der Waals surface area (Å²) in [5.41, 5.74) is -0.0642. The molecule has 0 aromatic heterocycles. The molecule has 1 aliphatic rings. The summed E-state index contributed by atoms with van der Waals surface area (Å²) in [5.74, 6) is -0.518. The lowest BCUT2D eigenvalue weighted by Crippen LogP contribution is -2.54. The number of nitrogens with one attached hydrogen (secondary N) is 1. The number of nitrogens with zero attached hydrogens (tertiary/aromatic N) is 1. The van der Waals surface area contributed by atoms with Crippen LogP contribution in [0.1, 0.15) is 45.6 Å². The van der Waals surface area contributed by atoms with Crippen molar-refractivity contribution in [3.8, 4) is 0 Å². The number of ether oxygens (including phenoxy) is 1. The van der Waals surface area contributed by atoms with E-state index in [1.54, 1.807) is 24.0 Å². The van der Waals surface area contributed by atoms with Crippen molar-refractivity contribution in [2.24, 2.45) is 0 Å². The first kappa shape index (κ1) is 19.4. The van der Waals surface area contributed by atoms with Crippen molar-refractivity contribution in [2.45, 2.75) is 58.2 Å². The minimum absolute atomic E-state index is 0.0508. The van der Waals surface area contributed by atoms with Crippen molar-refractivity contribution >= 4 is 11.8 Å². The summed E-state index contributed by atoms with van der Waals surface area (Å²) in [5, 5.41) is 2.91. The van der Waals surface area contributed by atoms with Crippen LogP contribution in [0.15, 0.2) is 24.3 Å². The molecule has 6 heteroatoms. The minimum Gasteiger partial charge on any atom is -0.379 e. The predicted octanol–water partition coefficient (Wildman–Crippen LogP) is 2.64. The number of rotatable bonds is 8. The molecule has 1 aromatic carbocycles. The molecule has 25 heavy (non-hydrogen) atoms. The molecule has 1 aromatic rings. The molecule has 1 saturated heterocycles. The number of carbonyl (C=O) groups is 2. The summed E-state index contributed by atoms with van der Waals surface area (Å²) in [7, 11) is 0. The van der Waals surface area contributed by atoms with Crippen LogP contribution in [-0.4, -0.2) is 41.5 Å². The van der Waals surface area contributed by atoms with Gasteiger partial charge in [-0.15, -0.1) is 0 Å². The standard InChI is InChI=1S/C19H27FN2O3/c1-14(2)25-12-4-11-21-18(24)19(3)10-9-17(23)22(19)13-15-5-7-16(20)8-6-15/h5-8,14H,4,9-13H2,1-3H3,(H,21,24)/t19-/m1/s1. The van der Waals surface area contributed by atoms with E-state index in [4.69, 9.17) is 4.74 Å². The summed E-state index contributed by atoms with van der Waals surface area (Å²) in [4.78, 5) is 26.5. The first-order chi connectivity index (χ1) is 11.8.